The van der Waals surface area contributed by atoms with Crippen LogP contribution in [0.2, 0.25) is 0 Å². The van der Waals surface area contributed by atoms with Gasteiger partial charge in [0.1, 0.15) is 5.75 Å². The standard InChI is InChI=1S/C14H19N3O3/c1-20-12-4-2-11(3-5-12)8-16-14(19)10-17-7-6-15-13(18)9-17/h2-5H,6-10H2,1H3,(H,15,18)(H,16,19). The first kappa shape index (κ1) is 14.3. The number of carbonyl (C=O) groups is 2. The third-order valence-corrected chi connectivity index (χ3v) is 3.13. The molecule has 2 N–H and O–H groups in total. The molecule has 0 unspecified atom stereocenters. The van der Waals surface area contributed by atoms with Crippen LogP contribution >= 0.6 is 0 Å². The van der Waals surface area contributed by atoms with E-state index in [9.17, 15) is 9.59 Å². The number of carbonyl (C=O) groups excluding carboxylic acids is 2. The van der Waals surface area contributed by atoms with Crippen LogP contribution in [0.15, 0.2) is 24.3 Å². The van der Waals surface area contributed by atoms with Crippen molar-refractivity contribution >= 4 is 11.8 Å². The number of methoxy groups -OCH3 is 1. The van der Waals surface area contributed by atoms with Crippen molar-refractivity contribution in [3.8, 4) is 5.75 Å². The molecule has 6 nitrogen and oxygen atoms in total. The third kappa shape index (κ3) is 4.24. The van der Waals surface area contributed by atoms with Gasteiger partial charge in [-0.15, -0.1) is 0 Å². The lowest BCUT2D eigenvalue weighted by atomic mass is 10.2. The highest BCUT2D eigenvalue weighted by Crippen LogP contribution is 2.10. The molecule has 0 radical (unpaired) electrons. The summed E-state index contributed by atoms with van der Waals surface area (Å²) in [5.41, 5.74) is 1.01. The van der Waals surface area contributed by atoms with E-state index < -0.39 is 0 Å². The van der Waals surface area contributed by atoms with Gasteiger partial charge in [0.2, 0.25) is 11.8 Å². The molecule has 108 valence electrons. The van der Waals surface area contributed by atoms with Crippen molar-refractivity contribution < 1.29 is 14.3 Å². The number of benzene rings is 1. The summed E-state index contributed by atoms with van der Waals surface area (Å²) in [6.07, 6.45) is 0. The SMILES string of the molecule is COc1ccc(CNC(=O)CN2CCNC(=O)C2)cc1. The van der Waals surface area contributed by atoms with Crippen molar-refractivity contribution in [2.75, 3.05) is 33.3 Å². The van der Waals surface area contributed by atoms with Gasteiger partial charge in [-0.3, -0.25) is 14.5 Å². The van der Waals surface area contributed by atoms with Gasteiger partial charge in [-0.2, -0.15) is 0 Å². The van der Waals surface area contributed by atoms with Gasteiger partial charge in [0, 0.05) is 19.6 Å². The Labute approximate surface area is 118 Å². The Morgan fingerprint density at radius 2 is 2.15 bits per heavy atom. The van der Waals surface area contributed by atoms with Crippen molar-refractivity contribution in [3.63, 3.8) is 0 Å². The second-order valence-corrected chi connectivity index (χ2v) is 4.69. The average molecular weight is 277 g/mol. The van der Waals surface area contributed by atoms with Gasteiger partial charge in [0.05, 0.1) is 20.2 Å². The number of piperazine rings is 1. The molecule has 1 saturated heterocycles. The van der Waals surface area contributed by atoms with E-state index in [0.29, 0.717) is 19.6 Å². The molecule has 1 aromatic rings. The number of hydrogen-bond donors (Lipinski definition) is 2. The van der Waals surface area contributed by atoms with E-state index in [1.165, 1.54) is 0 Å². The van der Waals surface area contributed by atoms with Gasteiger partial charge in [0.25, 0.3) is 0 Å². The Morgan fingerprint density at radius 1 is 1.40 bits per heavy atom. The minimum atomic E-state index is -0.0736. The van der Waals surface area contributed by atoms with Crippen molar-refractivity contribution in [3.05, 3.63) is 29.8 Å². The molecule has 1 aliphatic heterocycles. The molecule has 0 saturated carbocycles. The number of hydrogen-bond acceptors (Lipinski definition) is 4. The number of nitrogens with zero attached hydrogens (tertiary/aromatic N) is 1. The lowest BCUT2D eigenvalue weighted by Crippen LogP contribution is -2.50. The molecule has 20 heavy (non-hydrogen) atoms. The molecule has 1 aliphatic rings. The maximum Gasteiger partial charge on any atom is 0.234 e. The first-order valence-corrected chi connectivity index (χ1v) is 6.56. The van der Waals surface area contributed by atoms with Crippen LogP contribution in [-0.4, -0.2) is 50.0 Å². The topological polar surface area (TPSA) is 70.7 Å². The molecular formula is C14H19N3O3. The Balaban J connectivity index is 1.75. The molecule has 0 atom stereocenters. The summed E-state index contributed by atoms with van der Waals surface area (Å²) in [7, 11) is 1.62. The molecular weight excluding hydrogens is 258 g/mol. The largest absolute Gasteiger partial charge is 0.497 e. The predicted octanol–water partition coefficient (Wildman–Crippen LogP) is -0.257. The Morgan fingerprint density at radius 3 is 2.80 bits per heavy atom. The highest BCUT2D eigenvalue weighted by molar-refractivity contribution is 5.81. The molecule has 2 rings (SSSR count). The van der Waals surface area contributed by atoms with E-state index in [1.54, 1.807) is 7.11 Å². The summed E-state index contributed by atoms with van der Waals surface area (Å²) in [6, 6.07) is 7.54. The molecule has 0 aliphatic carbocycles. The number of nitrogens with one attached hydrogen (secondary N) is 2. The van der Waals surface area contributed by atoms with Crippen molar-refractivity contribution in [2.24, 2.45) is 0 Å². The second-order valence-electron chi connectivity index (χ2n) is 4.69. The summed E-state index contributed by atoms with van der Waals surface area (Å²) < 4.78 is 5.07. The van der Waals surface area contributed by atoms with E-state index in [-0.39, 0.29) is 24.9 Å². The van der Waals surface area contributed by atoms with E-state index in [2.05, 4.69) is 10.6 Å². The summed E-state index contributed by atoms with van der Waals surface area (Å²) in [6.45, 7) is 2.33. The zero-order valence-electron chi connectivity index (χ0n) is 11.5. The Hall–Kier alpha value is -2.08. The van der Waals surface area contributed by atoms with Crippen LogP contribution in [0.3, 0.4) is 0 Å². The molecule has 1 heterocycles. The van der Waals surface area contributed by atoms with E-state index in [0.717, 1.165) is 11.3 Å². The lowest BCUT2D eigenvalue weighted by Gasteiger charge is -2.25. The first-order valence-electron chi connectivity index (χ1n) is 6.56. The van der Waals surface area contributed by atoms with Gasteiger partial charge in [-0.1, -0.05) is 12.1 Å². The fourth-order valence-electron chi connectivity index (χ4n) is 2.03. The van der Waals surface area contributed by atoms with E-state index in [1.807, 2.05) is 29.2 Å². The first-order chi connectivity index (χ1) is 9.67. The zero-order valence-corrected chi connectivity index (χ0v) is 11.5. The van der Waals surface area contributed by atoms with Crippen LogP contribution < -0.4 is 15.4 Å². The predicted molar refractivity (Wildman–Crippen MR) is 74.3 cm³/mol. The minimum absolute atomic E-state index is 0.0285. The van der Waals surface area contributed by atoms with Crippen LogP contribution in [-0.2, 0) is 16.1 Å². The van der Waals surface area contributed by atoms with Crippen LogP contribution in [0.4, 0.5) is 0 Å². The lowest BCUT2D eigenvalue weighted by molar-refractivity contribution is -0.127. The fourth-order valence-corrected chi connectivity index (χ4v) is 2.03. The van der Waals surface area contributed by atoms with Crippen molar-refractivity contribution in [1.29, 1.82) is 0 Å². The maximum atomic E-state index is 11.8. The average Bonchev–Trinajstić information content (AvgIpc) is 2.46. The van der Waals surface area contributed by atoms with Crippen LogP contribution in [0.5, 0.6) is 5.75 Å². The molecule has 0 bridgehead atoms. The molecule has 6 heteroatoms. The molecule has 1 fully saturated rings. The maximum absolute atomic E-state index is 11.8. The monoisotopic (exact) mass is 277 g/mol. The van der Waals surface area contributed by atoms with Gasteiger partial charge in [0.15, 0.2) is 0 Å². The zero-order chi connectivity index (χ0) is 14.4. The number of ether oxygens (including phenoxy) is 1. The van der Waals surface area contributed by atoms with Crippen molar-refractivity contribution in [1.82, 2.24) is 15.5 Å². The highest BCUT2D eigenvalue weighted by atomic mass is 16.5. The van der Waals surface area contributed by atoms with Gasteiger partial charge >= 0.3 is 0 Å². The van der Waals surface area contributed by atoms with Crippen LogP contribution in [0.25, 0.3) is 0 Å². The second kappa shape index (κ2) is 6.91. The van der Waals surface area contributed by atoms with E-state index >= 15 is 0 Å². The Bertz CT molecular complexity index is 473. The molecule has 0 aromatic heterocycles. The minimum Gasteiger partial charge on any atom is -0.497 e. The molecule has 1 aromatic carbocycles. The summed E-state index contributed by atoms with van der Waals surface area (Å²) in [4.78, 5) is 24.8. The normalized spacial score (nSPS) is 15.6. The Kier molecular flexibility index (Phi) is 4.95. The summed E-state index contributed by atoms with van der Waals surface area (Å²) >= 11 is 0. The van der Waals surface area contributed by atoms with Gasteiger partial charge in [-0.25, -0.2) is 0 Å². The summed E-state index contributed by atoms with van der Waals surface area (Å²) in [5, 5.41) is 5.58. The van der Waals surface area contributed by atoms with Crippen LogP contribution in [0.1, 0.15) is 5.56 Å². The number of amides is 2. The quantitative estimate of drug-likeness (QED) is 0.778. The van der Waals surface area contributed by atoms with E-state index in [4.69, 9.17) is 4.74 Å². The number of rotatable bonds is 5. The highest BCUT2D eigenvalue weighted by Gasteiger charge is 2.18. The fraction of sp³-hybridized carbons (Fsp3) is 0.429. The molecule has 0 spiro atoms. The van der Waals surface area contributed by atoms with Gasteiger partial charge in [-0.05, 0) is 17.7 Å². The molecule has 2 amide bonds. The van der Waals surface area contributed by atoms with Crippen molar-refractivity contribution in [2.45, 2.75) is 6.54 Å². The van der Waals surface area contributed by atoms with Gasteiger partial charge < -0.3 is 15.4 Å². The third-order valence-electron chi connectivity index (χ3n) is 3.13. The smallest absolute Gasteiger partial charge is 0.234 e. The van der Waals surface area contributed by atoms with Crippen LogP contribution in [0, 0.1) is 0 Å². The summed E-state index contributed by atoms with van der Waals surface area (Å²) in [5.74, 6) is 0.689.